The fourth-order valence-electron chi connectivity index (χ4n) is 6.99. The van der Waals surface area contributed by atoms with Crippen molar-refractivity contribution in [1.82, 2.24) is 5.32 Å². The van der Waals surface area contributed by atoms with Crippen LogP contribution in [-0.4, -0.2) is 46.5 Å². The molecule has 0 unspecified atom stereocenters. The monoisotopic (exact) mass is 566 g/mol. The van der Waals surface area contributed by atoms with E-state index in [4.69, 9.17) is 19.7 Å². The summed E-state index contributed by atoms with van der Waals surface area (Å²) in [7, 11) is 1.39. The largest absolute Gasteiger partial charge is 0.511 e. The number of rotatable bonds is 5. The molecule has 6 rings (SSSR count). The number of carbonyl (C=O) groups is 1. The topological polar surface area (TPSA) is 116 Å². The lowest BCUT2D eigenvalue weighted by atomic mass is 9.89. The number of aliphatic hydroxyl groups is 2. The molecule has 5 heterocycles. The van der Waals surface area contributed by atoms with Crippen LogP contribution in [0, 0.1) is 11.8 Å². The third-order valence-corrected chi connectivity index (χ3v) is 9.40. The Labute approximate surface area is 246 Å². The highest BCUT2D eigenvalue weighted by atomic mass is 16.5. The molecular formula is C34H38N4O4. The molecule has 0 saturated carbocycles. The number of hydrogen-bond acceptors (Lipinski definition) is 8. The SMILES string of the molecule is CC[C@H]1C2=CC3=C(C)C4=C(O)CC(=C5N=C(C=C6N=C(C=C(N2)[C@@H]1C)C([C@@H](C)O)=C6C)C(C)=C5CCC(=O)OC)C4=N3. The Morgan fingerprint density at radius 1 is 1.07 bits per heavy atom. The Morgan fingerprint density at radius 2 is 1.83 bits per heavy atom. The summed E-state index contributed by atoms with van der Waals surface area (Å²) < 4.78 is 4.94. The van der Waals surface area contributed by atoms with Crippen LogP contribution < -0.4 is 5.32 Å². The highest BCUT2D eigenvalue weighted by Crippen LogP contribution is 2.45. The molecule has 0 aromatic carbocycles. The predicted molar refractivity (Wildman–Crippen MR) is 165 cm³/mol. The molecule has 8 nitrogen and oxygen atoms in total. The number of fused-ring (bicyclic) bond motifs is 5. The summed E-state index contributed by atoms with van der Waals surface area (Å²) in [6.07, 6.45) is 7.41. The molecule has 0 amide bonds. The number of aliphatic imine (C=N–C) groups is 3. The lowest BCUT2D eigenvalue weighted by Gasteiger charge is -2.13. The van der Waals surface area contributed by atoms with Crippen LogP contribution in [0.3, 0.4) is 0 Å². The number of allylic oxidation sites excluding steroid dienone is 11. The van der Waals surface area contributed by atoms with Gasteiger partial charge in [-0.25, -0.2) is 15.0 Å². The van der Waals surface area contributed by atoms with Crippen LogP contribution >= 0.6 is 0 Å². The van der Waals surface area contributed by atoms with E-state index in [-0.39, 0.29) is 24.2 Å². The summed E-state index contributed by atoms with van der Waals surface area (Å²) >= 11 is 0. The first kappa shape index (κ1) is 28.1. The van der Waals surface area contributed by atoms with E-state index in [1.807, 2.05) is 26.8 Å². The second-order valence-corrected chi connectivity index (χ2v) is 11.8. The molecule has 0 spiro atoms. The fraction of sp³-hybridized carbons (Fsp3) is 0.412. The Hall–Kier alpha value is -4.04. The average molecular weight is 567 g/mol. The number of methoxy groups -OCH3 is 1. The van der Waals surface area contributed by atoms with E-state index in [0.717, 1.165) is 91.1 Å². The summed E-state index contributed by atoms with van der Waals surface area (Å²) in [5.41, 5.74) is 12.9. The highest BCUT2D eigenvalue weighted by molar-refractivity contribution is 6.22. The van der Waals surface area contributed by atoms with Gasteiger partial charge in [-0.15, -0.1) is 0 Å². The van der Waals surface area contributed by atoms with Crippen molar-refractivity contribution >= 4 is 23.1 Å². The minimum Gasteiger partial charge on any atom is -0.511 e. The van der Waals surface area contributed by atoms with E-state index in [2.05, 4.69) is 31.3 Å². The molecule has 3 N–H and O–H groups in total. The molecule has 1 saturated heterocycles. The lowest BCUT2D eigenvalue weighted by molar-refractivity contribution is -0.140. The number of ether oxygens (including phenoxy) is 1. The summed E-state index contributed by atoms with van der Waals surface area (Å²) in [4.78, 5) is 27.4. The summed E-state index contributed by atoms with van der Waals surface area (Å²) in [6, 6.07) is 0. The molecule has 1 aliphatic carbocycles. The molecule has 218 valence electrons. The summed E-state index contributed by atoms with van der Waals surface area (Å²) in [6.45, 7) is 12.2. The van der Waals surface area contributed by atoms with E-state index in [9.17, 15) is 15.0 Å². The van der Waals surface area contributed by atoms with Crippen molar-refractivity contribution in [2.75, 3.05) is 7.11 Å². The Morgan fingerprint density at radius 3 is 2.52 bits per heavy atom. The van der Waals surface area contributed by atoms with Gasteiger partial charge in [0.05, 0.1) is 47.4 Å². The molecule has 5 aliphatic heterocycles. The minimum absolute atomic E-state index is 0.218. The second kappa shape index (κ2) is 10.3. The van der Waals surface area contributed by atoms with Crippen LogP contribution in [0.1, 0.15) is 67.2 Å². The first-order valence-corrected chi connectivity index (χ1v) is 14.8. The van der Waals surface area contributed by atoms with Crippen molar-refractivity contribution < 1.29 is 19.7 Å². The van der Waals surface area contributed by atoms with Crippen molar-refractivity contribution in [3.05, 3.63) is 91.5 Å². The first-order chi connectivity index (χ1) is 20.0. The molecule has 3 atom stereocenters. The van der Waals surface area contributed by atoms with E-state index in [0.29, 0.717) is 18.6 Å². The Bertz CT molecular complexity index is 1680. The van der Waals surface area contributed by atoms with Gasteiger partial charge in [0, 0.05) is 52.8 Å². The molecule has 0 radical (unpaired) electrons. The van der Waals surface area contributed by atoms with Gasteiger partial charge in [0.25, 0.3) is 0 Å². The predicted octanol–water partition coefficient (Wildman–Crippen LogP) is 5.99. The molecule has 0 aromatic rings. The number of carbonyl (C=O) groups excluding carboxylic acids is 1. The molecule has 8 heteroatoms. The first-order valence-electron chi connectivity index (χ1n) is 14.8. The number of nitrogens with zero attached hydrogens (tertiary/aromatic N) is 3. The summed E-state index contributed by atoms with van der Waals surface area (Å²) in [5.74, 6) is 0.498. The van der Waals surface area contributed by atoms with Gasteiger partial charge in [-0.1, -0.05) is 13.8 Å². The van der Waals surface area contributed by atoms with Gasteiger partial charge >= 0.3 is 5.97 Å². The quantitative estimate of drug-likeness (QED) is 0.354. The van der Waals surface area contributed by atoms with Gasteiger partial charge in [0.1, 0.15) is 5.76 Å². The van der Waals surface area contributed by atoms with Gasteiger partial charge in [-0.05, 0) is 81.1 Å². The number of esters is 1. The van der Waals surface area contributed by atoms with Gasteiger partial charge in [-0.3, -0.25) is 4.79 Å². The van der Waals surface area contributed by atoms with Crippen molar-refractivity contribution in [3.63, 3.8) is 0 Å². The second-order valence-electron chi connectivity index (χ2n) is 11.8. The zero-order valence-electron chi connectivity index (χ0n) is 25.3. The molecule has 6 aliphatic rings. The van der Waals surface area contributed by atoms with Crippen molar-refractivity contribution in [2.45, 2.75) is 73.3 Å². The molecule has 1 fully saturated rings. The molecule has 0 aromatic heterocycles. The van der Waals surface area contributed by atoms with Gasteiger partial charge in [0.15, 0.2) is 0 Å². The zero-order valence-corrected chi connectivity index (χ0v) is 25.3. The van der Waals surface area contributed by atoms with E-state index >= 15 is 0 Å². The van der Waals surface area contributed by atoms with Gasteiger partial charge in [-0.2, -0.15) is 0 Å². The normalized spacial score (nSPS) is 25.5. The lowest BCUT2D eigenvalue weighted by Crippen LogP contribution is -2.15. The number of nitrogens with one attached hydrogen (secondary N) is 1. The smallest absolute Gasteiger partial charge is 0.305 e. The van der Waals surface area contributed by atoms with E-state index in [1.54, 1.807) is 6.92 Å². The summed E-state index contributed by atoms with van der Waals surface area (Å²) in [5, 5.41) is 25.6. The standard InChI is InChI=1S/C34H38N4O4/c1-8-20-15(2)23-14-28-31(19(6)39)17(4)25(36-28)12-24-16(3)21(9-10-30(41)42-7)33(37-24)22-11-29(40)32-18(5)26(38-34(22)32)13-27(20)35-23/h12-15,19-20,35,39-40H,8-11H2,1-7H3/t15-,19-,20-/m1/s1. The van der Waals surface area contributed by atoms with Crippen LogP contribution in [0.5, 0.6) is 0 Å². The third-order valence-electron chi connectivity index (χ3n) is 9.40. The van der Waals surface area contributed by atoms with Crippen LogP contribution in [0.25, 0.3) is 0 Å². The zero-order chi connectivity index (χ0) is 30.0. The van der Waals surface area contributed by atoms with Crippen LogP contribution in [-0.2, 0) is 9.53 Å². The minimum atomic E-state index is -0.692. The van der Waals surface area contributed by atoms with Crippen molar-refractivity contribution in [1.29, 1.82) is 0 Å². The molecule has 8 bridgehead atoms. The Balaban J connectivity index is 1.61. The number of hydrogen-bond donors (Lipinski definition) is 3. The average Bonchev–Trinajstić information content (AvgIpc) is 3.70. The van der Waals surface area contributed by atoms with E-state index < -0.39 is 6.10 Å². The maximum atomic E-state index is 12.2. The van der Waals surface area contributed by atoms with Gasteiger partial charge in [0.2, 0.25) is 0 Å². The van der Waals surface area contributed by atoms with Gasteiger partial charge < -0.3 is 20.3 Å². The van der Waals surface area contributed by atoms with Crippen LogP contribution in [0.15, 0.2) is 106 Å². The van der Waals surface area contributed by atoms with Crippen LogP contribution in [0.2, 0.25) is 0 Å². The Kier molecular flexibility index (Phi) is 6.92. The van der Waals surface area contributed by atoms with Crippen molar-refractivity contribution in [2.24, 2.45) is 26.8 Å². The molecular weight excluding hydrogens is 528 g/mol. The number of aliphatic hydroxyl groups excluding tert-OH is 2. The maximum absolute atomic E-state index is 12.2. The van der Waals surface area contributed by atoms with Crippen LogP contribution in [0.4, 0.5) is 0 Å². The highest BCUT2D eigenvalue weighted by Gasteiger charge is 2.38. The molecule has 42 heavy (non-hydrogen) atoms. The third kappa shape index (κ3) is 4.31. The fourth-order valence-corrected chi connectivity index (χ4v) is 6.99. The van der Waals surface area contributed by atoms with E-state index in [1.165, 1.54) is 7.11 Å². The van der Waals surface area contributed by atoms with Crippen molar-refractivity contribution in [3.8, 4) is 0 Å². The maximum Gasteiger partial charge on any atom is 0.305 e.